The van der Waals surface area contributed by atoms with Crippen molar-refractivity contribution in [3.05, 3.63) is 71.6 Å². The average molecular weight is 336 g/mol. The van der Waals surface area contributed by atoms with Gasteiger partial charge in [-0.2, -0.15) is 5.10 Å². The lowest BCUT2D eigenvalue weighted by Crippen LogP contribution is -2.25. The molecule has 3 N–H and O–H groups in total. The van der Waals surface area contributed by atoms with Gasteiger partial charge in [0, 0.05) is 11.9 Å². The second-order valence-corrected chi connectivity index (χ2v) is 5.69. The van der Waals surface area contributed by atoms with E-state index in [-0.39, 0.29) is 12.3 Å². The Morgan fingerprint density at radius 1 is 1.12 bits per heavy atom. The molecule has 0 aliphatic carbocycles. The molecule has 0 aliphatic rings. The maximum Gasteiger partial charge on any atom is 0.228 e. The van der Waals surface area contributed by atoms with Crippen LogP contribution >= 0.6 is 0 Å². The van der Waals surface area contributed by atoms with Crippen molar-refractivity contribution >= 4 is 11.6 Å². The van der Waals surface area contributed by atoms with Crippen LogP contribution in [0.15, 0.2) is 48.7 Å². The fourth-order valence-electron chi connectivity index (χ4n) is 2.25. The van der Waals surface area contributed by atoms with Gasteiger partial charge in [0.1, 0.15) is 5.82 Å². The Morgan fingerprint density at radius 3 is 2.72 bits per heavy atom. The molecule has 0 aliphatic heterocycles. The summed E-state index contributed by atoms with van der Waals surface area (Å²) in [7, 11) is 0. The Balaban J connectivity index is 1.46. The zero-order valence-electron chi connectivity index (χ0n) is 14.0. The summed E-state index contributed by atoms with van der Waals surface area (Å²) in [5.41, 5.74) is 3.04. The number of nitrogens with zero attached hydrogens (tertiary/aromatic N) is 3. The van der Waals surface area contributed by atoms with Gasteiger partial charge in [0.05, 0.1) is 25.2 Å². The van der Waals surface area contributed by atoms with Gasteiger partial charge in [0.25, 0.3) is 0 Å². The summed E-state index contributed by atoms with van der Waals surface area (Å²) in [5, 5.41) is 13.0. The van der Waals surface area contributed by atoms with Crippen molar-refractivity contribution in [2.24, 2.45) is 0 Å². The van der Waals surface area contributed by atoms with Crippen LogP contribution < -0.4 is 10.6 Å². The number of H-pyrrole nitrogens is 1. The monoisotopic (exact) mass is 336 g/mol. The van der Waals surface area contributed by atoms with Crippen LogP contribution in [-0.2, 0) is 24.3 Å². The molecule has 0 saturated heterocycles. The molecule has 0 radical (unpaired) electrons. The molecule has 2 heterocycles. The molecule has 0 fully saturated rings. The topological polar surface area (TPSA) is 95.6 Å². The van der Waals surface area contributed by atoms with E-state index in [2.05, 4.69) is 30.8 Å². The first kappa shape index (κ1) is 16.6. The number of amides is 1. The van der Waals surface area contributed by atoms with Gasteiger partial charge in [-0.25, -0.2) is 4.98 Å². The fourth-order valence-corrected chi connectivity index (χ4v) is 2.25. The molecule has 1 amide bonds. The molecule has 1 aromatic carbocycles. The number of aromatic amines is 1. The first-order chi connectivity index (χ1) is 12.2. The van der Waals surface area contributed by atoms with Crippen molar-refractivity contribution in [1.82, 2.24) is 25.5 Å². The highest BCUT2D eigenvalue weighted by Gasteiger charge is 2.09. The molecular formula is C18H20N6O. The number of carbonyl (C=O) groups excluding carboxylic acids is 1. The van der Waals surface area contributed by atoms with E-state index in [4.69, 9.17) is 0 Å². The van der Waals surface area contributed by atoms with Gasteiger partial charge < -0.3 is 10.6 Å². The van der Waals surface area contributed by atoms with Crippen LogP contribution in [0.4, 0.5) is 5.69 Å². The van der Waals surface area contributed by atoms with E-state index in [1.54, 1.807) is 6.20 Å². The summed E-state index contributed by atoms with van der Waals surface area (Å²) in [6, 6.07) is 13.7. The van der Waals surface area contributed by atoms with E-state index >= 15 is 0 Å². The molecule has 0 spiro atoms. The zero-order chi connectivity index (χ0) is 17.5. The molecule has 25 heavy (non-hydrogen) atoms. The fraction of sp³-hybridized carbons (Fsp3) is 0.222. The first-order valence-corrected chi connectivity index (χ1v) is 8.06. The number of hydrogen-bond acceptors (Lipinski definition) is 5. The van der Waals surface area contributed by atoms with Crippen molar-refractivity contribution in [2.75, 3.05) is 5.32 Å². The van der Waals surface area contributed by atoms with Crippen molar-refractivity contribution in [3.63, 3.8) is 0 Å². The van der Waals surface area contributed by atoms with Gasteiger partial charge in [0.2, 0.25) is 5.91 Å². The predicted octanol–water partition coefficient (Wildman–Crippen LogP) is 1.98. The van der Waals surface area contributed by atoms with E-state index in [9.17, 15) is 4.79 Å². The van der Waals surface area contributed by atoms with Crippen LogP contribution in [0.3, 0.4) is 0 Å². The SMILES string of the molecule is Cc1ccc(NCc2nc(CC(=O)NCc3ccccn3)n[nH]2)cc1. The zero-order valence-corrected chi connectivity index (χ0v) is 14.0. The molecule has 7 heteroatoms. The van der Waals surface area contributed by atoms with Crippen molar-refractivity contribution in [1.29, 1.82) is 0 Å². The number of carbonyl (C=O) groups is 1. The number of nitrogens with one attached hydrogen (secondary N) is 3. The number of pyridine rings is 1. The molecule has 0 bridgehead atoms. The van der Waals surface area contributed by atoms with Crippen LogP contribution in [0.2, 0.25) is 0 Å². The third kappa shape index (κ3) is 5.13. The van der Waals surface area contributed by atoms with Crippen molar-refractivity contribution < 1.29 is 4.79 Å². The summed E-state index contributed by atoms with van der Waals surface area (Å²) in [6.45, 7) is 2.96. The van der Waals surface area contributed by atoms with Crippen LogP contribution in [0.25, 0.3) is 0 Å². The highest BCUT2D eigenvalue weighted by Crippen LogP contribution is 2.09. The number of rotatable bonds is 7. The van der Waals surface area contributed by atoms with Gasteiger partial charge in [-0.3, -0.25) is 14.9 Å². The molecule has 0 saturated carbocycles. The summed E-state index contributed by atoms with van der Waals surface area (Å²) in [5.74, 6) is 1.02. The highest BCUT2D eigenvalue weighted by molar-refractivity contribution is 5.77. The summed E-state index contributed by atoms with van der Waals surface area (Å²) < 4.78 is 0. The van der Waals surface area contributed by atoms with Gasteiger partial charge in [-0.05, 0) is 31.2 Å². The van der Waals surface area contributed by atoms with E-state index in [1.807, 2.05) is 49.4 Å². The predicted molar refractivity (Wildman–Crippen MR) is 94.7 cm³/mol. The minimum Gasteiger partial charge on any atom is -0.378 e. The number of hydrogen-bond donors (Lipinski definition) is 3. The number of benzene rings is 1. The number of aryl methyl sites for hydroxylation is 1. The normalized spacial score (nSPS) is 10.4. The van der Waals surface area contributed by atoms with Crippen LogP contribution in [0.1, 0.15) is 22.9 Å². The smallest absolute Gasteiger partial charge is 0.228 e. The Kier molecular flexibility index (Phi) is 5.36. The van der Waals surface area contributed by atoms with E-state index < -0.39 is 0 Å². The number of anilines is 1. The summed E-state index contributed by atoms with van der Waals surface area (Å²) >= 11 is 0. The molecule has 3 rings (SSSR count). The van der Waals surface area contributed by atoms with Gasteiger partial charge in [0.15, 0.2) is 5.82 Å². The Hall–Kier alpha value is -3.22. The first-order valence-electron chi connectivity index (χ1n) is 8.06. The van der Waals surface area contributed by atoms with Crippen LogP contribution in [0.5, 0.6) is 0 Å². The standard InChI is InChI=1S/C18H20N6O/c1-13-5-7-14(8-6-13)20-12-17-22-16(23-24-17)10-18(25)21-11-15-4-2-3-9-19-15/h2-9,20H,10-12H2,1H3,(H,21,25)(H,22,23,24). The average Bonchev–Trinajstić information content (AvgIpc) is 3.08. The largest absolute Gasteiger partial charge is 0.378 e. The lowest BCUT2D eigenvalue weighted by atomic mass is 10.2. The van der Waals surface area contributed by atoms with Gasteiger partial charge in [-0.1, -0.05) is 23.8 Å². The lowest BCUT2D eigenvalue weighted by molar-refractivity contribution is -0.120. The minimum atomic E-state index is -0.136. The van der Waals surface area contributed by atoms with Gasteiger partial charge >= 0.3 is 0 Å². The minimum absolute atomic E-state index is 0.133. The highest BCUT2D eigenvalue weighted by atomic mass is 16.1. The number of aromatic nitrogens is 4. The lowest BCUT2D eigenvalue weighted by Gasteiger charge is -2.04. The second-order valence-electron chi connectivity index (χ2n) is 5.69. The quantitative estimate of drug-likeness (QED) is 0.613. The Labute approximate surface area is 145 Å². The second kappa shape index (κ2) is 8.05. The molecular weight excluding hydrogens is 316 g/mol. The van der Waals surface area contributed by atoms with Crippen molar-refractivity contribution in [3.8, 4) is 0 Å². The molecule has 3 aromatic rings. The third-order valence-electron chi connectivity index (χ3n) is 3.60. The Morgan fingerprint density at radius 2 is 1.96 bits per heavy atom. The maximum atomic E-state index is 12.0. The van der Waals surface area contributed by atoms with Crippen LogP contribution in [-0.4, -0.2) is 26.1 Å². The maximum absolute atomic E-state index is 12.0. The summed E-state index contributed by atoms with van der Waals surface area (Å²) in [4.78, 5) is 20.5. The van der Waals surface area contributed by atoms with Crippen molar-refractivity contribution in [2.45, 2.75) is 26.4 Å². The van der Waals surface area contributed by atoms with E-state index in [0.717, 1.165) is 11.4 Å². The molecule has 0 unspecified atom stereocenters. The Bertz CT molecular complexity index is 813. The van der Waals surface area contributed by atoms with Crippen LogP contribution in [0, 0.1) is 6.92 Å². The molecule has 0 atom stereocenters. The molecule has 2 aromatic heterocycles. The third-order valence-corrected chi connectivity index (χ3v) is 3.60. The van der Waals surface area contributed by atoms with E-state index in [1.165, 1.54) is 5.56 Å². The molecule has 7 nitrogen and oxygen atoms in total. The summed E-state index contributed by atoms with van der Waals surface area (Å²) in [6.07, 6.45) is 1.83. The van der Waals surface area contributed by atoms with E-state index in [0.29, 0.717) is 24.7 Å². The molecule has 128 valence electrons. The van der Waals surface area contributed by atoms with Gasteiger partial charge in [-0.15, -0.1) is 0 Å².